The van der Waals surface area contributed by atoms with Crippen LogP contribution in [0.25, 0.3) is 33.3 Å². The number of nitrogens with one attached hydrogen (secondary N) is 1. The summed E-state index contributed by atoms with van der Waals surface area (Å²) in [5.74, 6) is -1.57. The van der Waals surface area contributed by atoms with Crippen LogP contribution in [0.15, 0.2) is 66.7 Å². The molecule has 0 saturated heterocycles. The lowest BCUT2D eigenvalue weighted by atomic mass is 9.92. The highest BCUT2D eigenvalue weighted by Gasteiger charge is 2.23. The lowest BCUT2D eigenvalue weighted by Crippen LogP contribution is -2.26. The Morgan fingerprint density at radius 3 is 2.32 bits per heavy atom. The number of amides is 1. The van der Waals surface area contributed by atoms with Crippen molar-refractivity contribution in [3.05, 3.63) is 89.5 Å². The Labute approximate surface area is 240 Å². The van der Waals surface area contributed by atoms with Crippen LogP contribution in [0.2, 0.25) is 0 Å². The Balaban J connectivity index is 1.74. The molecule has 0 atom stereocenters. The minimum absolute atomic E-state index is 0.0248. The zero-order valence-electron chi connectivity index (χ0n) is 23.6. The molecule has 41 heavy (non-hydrogen) atoms. The van der Waals surface area contributed by atoms with Gasteiger partial charge in [0.1, 0.15) is 11.6 Å². The van der Waals surface area contributed by atoms with Crippen molar-refractivity contribution in [3.8, 4) is 22.4 Å². The summed E-state index contributed by atoms with van der Waals surface area (Å²) < 4.78 is 33.7. The minimum Gasteiger partial charge on any atom is -0.469 e. The monoisotopic (exact) mass is 558 g/mol. The first-order valence-corrected chi connectivity index (χ1v) is 14.3. The number of esters is 1. The maximum atomic E-state index is 14.4. The van der Waals surface area contributed by atoms with Gasteiger partial charge in [-0.1, -0.05) is 81.5 Å². The predicted molar refractivity (Wildman–Crippen MR) is 159 cm³/mol. The summed E-state index contributed by atoms with van der Waals surface area (Å²) in [6, 6.07) is 17.9. The SMILES string of the molecule is CCCCCCCCNC(=O)c1c(CCC(=O)OC)c(-c2ccc(-c3ccccc3F)cc2)nc2ccc(F)cc12. The second-order valence-corrected chi connectivity index (χ2v) is 10.1. The van der Waals surface area contributed by atoms with E-state index in [-0.39, 0.29) is 24.6 Å². The molecule has 0 aliphatic rings. The molecule has 214 valence electrons. The molecule has 1 aromatic heterocycles. The smallest absolute Gasteiger partial charge is 0.305 e. The quantitative estimate of drug-likeness (QED) is 0.133. The van der Waals surface area contributed by atoms with Gasteiger partial charge in [-0.2, -0.15) is 0 Å². The molecular weight excluding hydrogens is 522 g/mol. The number of methoxy groups -OCH3 is 1. The number of ether oxygens (including phenoxy) is 1. The van der Waals surface area contributed by atoms with Crippen molar-refractivity contribution in [2.75, 3.05) is 13.7 Å². The third-order valence-electron chi connectivity index (χ3n) is 7.24. The molecule has 0 bridgehead atoms. The topological polar surface area (TPSA) is 68.3 Å². The number of fused-ring (bicyclic) bond motifs is 1. The van der Waals surface area contributed by atoms with E-state index < -0.39 is 11.8 Å². The van der Waals surface area contributed by atoms with Crippen LogP contribution in [0.5, 0.6) is 0 Å². The highest BCUT2D eigenvalue weighted by Crippen LogP contribution is 2.33. The van der Waals surface area contributed by atoms with Crippen LogP contribution in [0.3, 0.4) is 0 Å². The number of halogens is 2. The van der Waals surface area contributed by atoms with Crippen LogP contribution in [-0.4, -0.2) is 30.5 Å². The van der Waals surface area contributed by atoms with Gasteiger partial charge in [-0.3, -0.25) is 9.59 Å². The van der Waals surface area contributed by atoms with Gasteiger partial charge in [-0.15, -0.1) is 0 Å². The van der Waals surface area contributed by atoms with Crippen molar-refractivity contribution in [2.24, 2.45) is 0 Å². The molecule has 0 radical (unpaired) electrons. The fraction of sp³-hybridized carbons (Fsp3) is 0.324. The maximum absolute atomic E-state index is 14.4. The number of benzene rings is 3. The van der Waals surface area contributed by atoms with Gasteiger partial charge in [0.2, 0.25) is 0 Å². The Kier molecular flexibility index (Phi) is 10.5. The number of hydrogen-bond donors (Lipinski definition) is 1. The number of carbonyl (C=O) groups excluding carboxylic acids is 2. The zero-order chi connectivity index (χ0) is 29.2. The maximum Gasteiger partial charge on any atom is 0.305 e. The summed E-state index contributed by atoms with van der Waals surface area (Å²) in [5, 5.41) is 3.40. The standard InChI is InChI=1S/C34H36F2N2O3/c1-3-4-5-6-7-10-21-37-34(40)32-27(18-20-31(39)41-2)33(38-30-19-17-25(35)22-28(30)32)24-15-13-23(14-16-24)26-11-8-9-12-29(26)36/h8-9,11-17,19,22H,3-7,10,18,20-21H2,1-2H3,(H,37,40). The molecule has 1 amide bonds. The van der Waals surface area contributed by atoms with E-state index in [0.29, 0.717) is 51.0 Å². The Morgan fingerprint density at radius 2 is 1.59 bits per heavy atom. The number of aromatic nitrogens is 1. The first-order valence-electron chi connectivity index (χ1n) is 14.3. The summed E-state index contributed by atoms with van der Waals surface area (Å²) in [5.41, 5.74) is 3.68. The normalized spacial score (nSPS) is 11.0. The van der Waals surface area contributed by atoms with Gasteiger partial charge < -0.3 is 10.1 Å². The van der Waals surface area contributed by atoms with E-state index >= 15 is 0 Å². The lowest BCUT2D eigenvalue weighted by molar-refractivity contribution is -0.140. The van der Waals surface area contributed by atoms with Crippen LogP contribution in [0, 0.1) is 11.6 Å². The molecule has 4 rings (SSSR count). The fourth-order valence-electron chi connectivity index (χ4n) is 5.04. The molecular formula is C34H36F2N2O3. The van der Waals surface area contributed by atoms with Crippen molar-refractivity contribution in [3.63, 3.8) is 0 Å². The van der Waals surface area contributed by atoms with Crippen LogP contribution in [0.4, 0.5) is 8.78 Å². The highest BCUT2D eigenvalue weighted by molar-refractivity contribution is 6.09. The van der Waals surface area contributed by atoms with Crippen molar-refractivity contribution in [2.45, 2.75) is 58.3 Å². The van der Waals surface area contributed by atoms with E-state index in [2.05, 4.69) is 12.2 Å². The first-order chi connectivity index (χ1) is 19.9. The van der Waals surface area contributed by atoms with Gasteiger partial charge >= 0.3 is 5.97 Å². The summed E-state index contributed by atoms with van der Waals surface area (Å²) >= 11 is 0. The van der Waals surface area contributed by atoms with Gasteiger partial charge in [0, 0.05) is 29.5 Å². The van der Waals surface area contributed by atoms with Gasteiger partial charge in [-0.05, 0) is 48.2 Å². The van der Waals surface area contributed by atoms with E-state index in [1.54, 1.807) is 36.4 Å². The molecule has 4 aromatic rings. The van der Waals surface area contributed by atoms with E-state index in [4.69, 9.17) is 9.72 Å². The molecule has 3 aromatic carbocycles. The Morgan fingerprint density at radius 1 is 0.878 bits per heavy atom. The van der Waals surface area contributed by atoms with Crippen LogP contribution < -0.4 is 5.32 Å². The fourth-order valence-corrected chi connectivity index (χ4v) is 5.04. The van der Waals surface area contributed by atoms with E-state index in [9.17, 15) is 18.4 Å². The van der Waals surface area contributed by atoms with Gasteiger partial charge in [0.25, 0.3) is 5.91 Å². The number of carbonyl (C=O) groups is 2. The molecule has 0 fully saturated rings. The largest absolute Gasteiger partial charge is 0.469 e. The van der Waals surface area contributed by atoms with Gasteiger partial charge in [0.15, 0.2) is 0 Å². The zero-order valence-corrected chi connectivity index (χ0v) is 23.6. The molecule has 0 aliphatic carbocycles. The van der Waals surface area contributed by atoms with E-state index in [0.717, 1.165) is 19.3 Å². The summed E-state index contributed by atoms with van der Waals surface area (Å²) in [6.45, 7) is 2.67. The molecule has 5 nitrogen and oxygen atoms in total. The highest BCUT2D eigenvalue weighted by atomic mass is 19.1. The van der Waals surface area contributed by atoms with Crippen molar-refractivity contribution in [1.29, 1.82) is 0 Å². The average molecular weight is 559 g/mol. The molecule has 0 aliphatic heterocycles. The molecule has 7 heteroatoms. The van der Waals surface area contributed by atoms with Crippen LogP contribution in [-0.2, 0) is 16.0 Å². The molecule has 1 N–H and O–H groups in total. The second kappa shape index (κ2) is 14.5. The third-order valence-corrected chi connectivity index (χ3v) is 7.24. The molecule has 0 spiro atoms. The second-order valence-electron chi connectivity index (χ2n) is 10.1. The van der Waals surface area contributed by atoms with E-state index in [1.165, 1.54) is 44.6 Å². The average Bonchev–Trinajstić information content (AvgIpc) is 2.99. The number of rotatable bonds is 13. The number of nitrogens with zero attached hydrogens (tertiary/aromatic N) is 1. The minimum atomic E-state index is -0.481. The van der Waals surface area contributed by atoms with Crippen molar-refractivity contribution < 1.29 is 23.1 Å². The Hall–Kier alpha value is -4.13. The molecule has 1 heterocycles. The summed E-state index contributed by atoms with van der Waals surface area (Å²) in [4.78, 5) is 30.6. The van der Waals surface area contributed by atoms with Crippen LogP contribution >= 0.6 is 0 Å². The van der Waals surface area contributed by atoms with Crippen molar-refractivity contribution in [1.82, 2.24) is 10.3 Å². The van der Waals surface area contributed by atoms with Gasteiger partial charge in [0.05, 0.1) is 23.9 Å². The number of hydrogen-bond acceptors (Lipinski definition) is 4. The first kappa shape index (κ1) is 29.8. The summed E-state index contributed by atoms with van der Waals surface area (Å²) in [7, 11) is 1.31. The van der Waals surface area contributed by atoms with Gasteiger partial charge in [-0.25, -0.2) is 13.8 Å². The number of pyridine rings is 1. The molecule has 0 saturated carbocycles. The predicted octanol–water partition coefficient (Wildman–Crippen LogP) is 8.04. The summed E-state index contributed by atoms with van der Waals surface area (Å²) in [6.07, 6.45) is 6.72. The Bertz CT molecular complexity index is 1500. The van der Waals surface area contributed by atoms with E-state index in [1.807, 2.05) is 12.1 Å². The van der Waals surface area contributed by atoms with Crippen LogP contribution in [0.1, 0.15) is 67.8 Å². The lowest BCUT2D eigenvalue weighted by Gasteiger charge is -2.18. The third kappa shape index (κ3) is 7.54. The molecule has 0 unspecified atom stereocenters. The number of unbranched alkanes of at least 4 members (excludes halogenated alkanes) is 5. The van der Waals surface area contributed by atoms with Crippen molar-refractivity contribution >= 4 is 22.8 Å².